The Labute approximate surface area is 195 Å². The minimum atomic E-state index is -0.531. The number of β-amino-alcohol motifs (C(OH)–C–C–N with tert-alkyl or cyclic N) is 1. The molecule has 1 atom stereocenters. The summed E-state index contributed by atoms with van der Waals surface area (Å²) in [6, 6.07) is 13.9. The van der Waals surface area contributed by atoms with Gasteiger partial charge in [-0.25, -0.2) is 0 Å². The number of carbonyl (C=O) groups excluding carboxylic acids is 1. The summed E-state index contributed by atoms with van der Waals surface area (Å²) in [5.74, 6) is 2.34. The van der Waals surface area contributed by atoms with E-state index in [4.69, 9.17) is 9.47 Å². The van der Waals surface area contributed by atoms with Crippen LogP contribution in [0.4, 0.5) is 0 Å². The van der Waals surface area contributed by atoms with Crippen LogP contribution in [-0.2, 0) is 11.2 Å². The van der Waals surface area contributed by atoms with Gasteiger partial charge in [-0.15, -0.1) is 0 Å². The van der Waals surface area contributed by atoms with Gasteiger partial charge in [0.2, 0.25) is 0 Å². The molecule has 176 valence electrons. The largest absolute Gasteiger partial charge is 0.497 e. The molecule has 0 bridgehead atoms. The maximum Gasteiger partial charge on any atom is 0.130 e. The van der Waals surface area contributed by atoms with Crippen molar-refractivity contribution in [3.8, 4) is 11.5 Å². The molecule has 1 saturated heterocycles. The molecule has 1 aliphatic rings. The smallest absolute Gasteiger partial charge is 0.130 e. The molecule has 0 amide bonds. The van der Waals surface area contributed by atoms with Crippen molar-refractivity contribution in [1.29, 1.82) is 0 Å². The molecule has 1 fully saturated rings. The zero-order valence-corrected chi connectivity index (χ0v) is 19.5. The van der Waals surface area contributed by atoms with Crippen molar-refractivity contribution in [2.24, 2.45) is 0 Å². The third-order valence-corrected chi connectivity index (χ3v) is 6.55. The van der Waals surface area contributed by atoms with Crippen molar-refractivity contribution in [3.63, 3.8) is 0 Å². The molecule has 0 spiro atoms. The number of Topliss-reactive ketones (excluding diaryl/α,β-unsaturated/α-hetero) is 1. The lowest BCUT2D eigenvalue weighted by molar-refractivity contribution is -0.116. The second-order valence-electron chi connectivity index (χ2n) is 9.04. The number of ether oxygens (including phenoxy) is 2. The molecule has 1 aromatic heterocycles. The van der Waals surface area contributed by atoms with E-state index in [9.17, 15) is 9.90 Å². The number of fused-ring (bicyclic) bond motifs is 1. The van der Waals surface area contributed by atoms with Gasteiger partial charge in [-0.3, -0.25) is 0 Å². The van der Waals surface area contributed by atoms with Crippen molar-refractivity contribution in [2.45, 2.75) is 44.6 Å². The summed E-state index contributed by atoms with van der Waals surface area (Å²) in [6.07, 6.45) is 5.05. The topological polar surface area (TPSA) is 74.8 Å². The number of hydrogen-bond donors (Lipinski definition) is 2. The summed E-state index contributed by atoms with van der Waals surface area (Å²) in [5.41, 5.74) is 3.63. The molecule has 6 nitrogen and oxygen atoms in total. The Morgan fingerprint density at radius 3 is 2.58 bits per heavy atom. The van der Waals surface area contributed by atoms with Crippen molar-refractivity contribution < 1.29 is 19.4 Å². The van der Waals surface area contributed by atoms with Crippen LogP contribution in [0, 0.1) is 0 Å². The number of nitrogens with zero attached hydrogens (tertiary/aromatic N) is 1. The van der Waals surface area contributed by atoms with Crippen LogP contribution >= 0.6 is 0 Å². The number of nitrogens with one attached hydrogen (secondary N) is 1. The summed E-state index contributed by atoms with van der Waals surface area (Å²) < 4.78 is 11.2. The molecule has 2 N–H and O–H groups in total. The highest BCUT2D eigenvalue weighted by Gasteiger charge is 2.24. The number of benzene rings is 2. The van der Waals surface area contributed by atoms with Gasteiger partial charge in [0.05, 0.1) is 7.11 Å². The molecule has 3 aromatic rings. The van der Waals surface area contributed by atoms with Crippen LogP contribution in [0.3, 0.4) is 0 Å². The Kier molecular flexibility index (Phi) is 7.68. The average Bonchev–Trinajstić information content (AvgIpc) is 3.25. The molecule has 33 heavy (non-hydrogen) atoms. The maximum atomic E-state index is 11.1. The van der Waals surface area contributed by atoms with Gasteiger partial charge in [0.15, 0.2) is 0 Å². The summed E-state index contributed by atoms with van der Waals surface area (Å²) in [6.45, 7) is 4.42. The first-order chi connectivity index (χ1) is 16.0. The Morgan fingerprint density at radius 1 is 1.15 bits per heavy atom. The number of likely N-dealkylation sites (tertiary alicyclic amines) is 1. The molecule has 0 saturated carbocycles. The van der Waals surface area contributed by atoms with Crippen LogP contribution in [0.5, 0.6) is 11.5 Å². The van der Waals surface area contributed by atoms with Crippen LogP contribution in [-0.4, -0.2) is 60.2 Å². The maximum absolute atomic E-state index is 11.1. The Balaban J connectivity index is 1.22. The van der Waals surface area contributed by atoms with E-state index < -0.39 is 6.10 Å². The SMILES string of the molecule is COc1ccc2[nH]cc(C3CCN(CC(O)COc4ccc(CCC(C)=O)cc4)CC3)c2c1. The predicted molar refractivity (Wildman–Crippen MR) is 130 cm³/mol. The van der Waals surface area contributed by atoms with Crippen LogP contribution in [0.15, 0.2) is 48.7 Å². The second-order valence-corrected chi connectivity index (χ2v) is 9.04. The molecule has 2 aromatic carbocycles. The number of piperidine rings is 1. The van der Waals surface area contributed by atoms with Crippen LogP contribution < -0.4 is 9.47 Å². The second kappa shape index (κ2) is 10.9. The molecule has 1 aliphatic heterocycles. The highest BCUT2D eigenvalue weighted by molar-refractivity contribution is 5.85. The van der Waals surface area contributed by atoms with Gasteiger partial charge in [0.1, 0.15) is 30.0 Å². The van der Waals surface area contributed by atoms with Gasteiger partial charge < -0.3 is 29.3 Å². The average molecular weight is 451 g/mol. The van der Waals surface area contributed by atoms with E-state index in [2.05, 4.69) is 28.2 Å². The van der Waals surface area contributed by atoms with E-state index in [1.165, 1.54) is 10.9 Å². The van der Waals surface area contributed by atoms with E-state index >= 15 is 0 Å². The number of aliphatic hydroxyl groups excluding tert-OH is 1. The fourth-order valence-electron chi connectivity index (χ4n) is 4.63. The fourth-order valence-corrected chi connectivity index (χ4v) is 4.63. The molecular weight excluding hydrogens is 416 g/mol. The first kappa shape index (κ1) is 23.3. The number of aliphatic hydroxyl groups is 1. The zero-order chi connectivity index (χ0) is 23.2. The molecule has 0 aliphatic carbocycles. The van der Waals surface area contributed by atoms with E-state index in [0.29, 0.717) is 18.9 Å². The highest BCUT2D eigenvalue weighted by atomic mass is 16.5. The molecule has 1 unspecified atom stereocenters. The van der Waals surface area contributed by atoms with Crippen LogP contribution in [0.2, 0.25) is 0 Å². The number of ketones is 1. The van der Waals surface area contributed by atoms with E-state index in [1.807, 2.05) is 30.3 Å². The number of aryl methyl sites for hydroxylation is 1. The van der Waals surface area contributed by atoms with Crippen molar-refractivity contribution in [1.82, 2.24) is 9.88 Å². The van der Waals surface area contributed by atoms with Gasteiger partial charge in [-0.2, -0.15) is 0 Å². The Bertz CT molecular complexity index is 1050. The number of methoxy groups -OCH3 is 1. The fraction of sp³-hybridized carbons (Fsp3) is 0.444. The Morgan fingerprint density at radius 2 is 1.88 bits per heavy atom. The van der Waals surface area contributed by atoms with Gasteiger partial charge in [0, 0.05) is 30.1 Å². The van der Waals surface area contributed by atoms with Gasteiger partial charge in [-0.05, 0) is 86.7 Å². The Hall–Kier alpha value is -2.83. The van der Waals surface area contributed by atoms with Crippen LogP contribution in [0.25, 0.3) is 10.9 Å². The molecule has 0 radical (unpaired) electrons. The normalized spacial score (nSPS) is 16.1. The third-order valence-electron chi connectivity index (χ3n) is 6.55. The van der Waals surface area contributed by atoms with Crippen molar-refractivity contribution in [3.05, 3.63) is 59.8 Å². The third kappa shape index (κ3) is 6.15. The first-order valence-electron chi connectivity index (χ1n) is 11.8. The van der Waals surface area contributed by atoms with E-state index in [-0.39, 0.29) is 12.4 Å². The number of hydrogen-bond acceptors (Lipinski definition) is 5. The molecular formula is C27H34N2O4. The molecule has 4 rings (SSSR count). The number of carbonyl (C=O) groups is 1. The number of aromatic amines is 1. The van der Waals surface area contributed by atoms with E-state index in [1.54, 1.807) is 14.0 Å². The number of rotatable bonds is 10. The molecule has 2 heterocycles. The summed E-state index contributed by atoms with van der Waals surface area (Å²) in [4.78, 5) is 16.8. The van der Waals surface area contributed by atoms with E-state index in [0.717, 1.165) is 54.9 Å². The minimum Gasteiger partial charge on any atom is -0.497 e. The first-order valence-corrected chi connectivity index (χ1v) is 11.8. The number of aromatic nitrogens is 1. The standard InChI is InChI=1S/C27H34N2O4/c1-19(30)3-4-20-5-7-23(8-6-20)33-18-22(31)17-29-13-11-21(12-14-29)26-16-28-27-10-9-24(32-2)15-25(26)27/h5-10,15-16,21-22,28,31H,3-4,11-14,17-18H2,1-2H3. The highest BCUT2D eigenvalue weighted by Crippen LogP contribution is 2.34. The monoisotopic (exact) mass is 450 g/mol. The van der Waals surface area contributed by atoms with Gasteiger partial charge in [-0.1, -0.05) is 12.1 Å². The zero-order valence-electron chi connectivity index (χ0n) is 19.5. The predicted octanol–water partition coefficient (Wildman–Crippen LogP) is 4.32. The lowest BCUT2D eigenvalue weighted by Crippen LogP contribution is -2.40. The van der Waals surface area contributed by atoms with Crippen molar-refractivity contribution >= 4 is 16.7 Å². The number of H-pyrrole nitrogens is 1. The minimum absolute atomic E-state index is 0.198. The lowest BCUT2D eigenvalue weighted by Gasteiger charge is -2.33. The van der Waals surface area contributed by atoms with Crippen molar-refractivity contribution in [2.75, 3.05) is 33.4 Å². The van der Waals surface area contributed by atoms with Gasteiger partial charge >= 0.3 is 0 Å². The summed E-state index contributed by atoms with van der Waals surface area (Å²) in [7, 11) is 1.70. The van der Waals surface area contributed by atoms with Gasteiger partial charge in [0.25, 0.3) is 0 Å². The lowest BCUT2D eigenvalue weighted by atomic mass is 9.89. The van der Waals surface area contributed by atoms with Crippen LogP contribution in [0.1, 0.15) is 43.2 Å². The summed E-state index contributed by atoms with van der Waals surface area (Å²) in [5, 5.41) is 11.7. The summed E-state index contributed by atoms with van der Waals surface area (Å²) >= 11 is 0. The quantitative estimate of drug-likeness (QED) is 0.481. The molecule has 6 heteroatoms.